The Hall–Kier alpha value is -2.39. The third-order valence-corrected chi connectivity index (χ3v) is 3.39. The van der Waals surface area contributed by atoms with E-state index in [1.807, 2.05) is 36.4 Å². The number of pyridine rings is 1. The van der Waals surface area contributed by atoms with E-state index in [-0.39, 0.29) is 5.56 Å². The van der Waals surface area contributed by atoms with Gasteiger partial charge in [0.25, 0.3) is 0 Å². The lowest BCUT2D eigenvalue weighted by molar-refractivity contribution is 0.0697. The van der Waals surface area contributed by atoms with Crippen LogP contribution in [0.3, 0.4) is 0 Å². The van der Waals surface area contributed by atoms with E-state index in [1.54, 1.807) is 12.1 Å². The summed E-state index contributed by atoms with van der Waals surface area (Å²) >= 11 is 6.21. The number of carboxylic acids is 1. The number of hydrogen-bond donors (Lipinski definition) is 1. The molecule has 1 N–H and O–H groups in total. The summed E-state index contributed by atoms with van der Waals surface area (Å²) in [4.78, 5) is 15.3. The maximum absolute atomic E-state index is 11.0. The zero-order valence-electron chi connectivity index (χ0n) is 10.4. The van der Waals surface area contributed by atoms with Crippen LogP contribution in [0, 0.1) is 0 Å². The number of rotatable bonds is 2. The fraction of sp³-hybridized carbons (Fsp3) is 0. The fourth-order valence-corrected chi connectivity index (χ4v) is 2.35. The van der Waals surface area contributed by atoms with Crippen molar-refractivity contribution in [1.29, 1.82) is 0 Å². The van der Waals surface area contributed by atoms with Crippen LogP contribution in [0.4, 0.5) is 0 Å². The molecule has 0 saturated heterocycles. The molecule has 0 fully saturated rings. The van der Waals surface area contributed by atoms with Gasteiger partial charge >= 0.3 is 5.97 Å². The lowest BCUT2D eigenvalue weighted by Gasteiger charge is -2.07. The number of aromatic nitrogens is 1. The quantitative estimate of drug-likeness (QED) is 0.715. The van der Waals surface area contributed by atoms with Crippen LogP contribution >= 0.6 is 11.6 Å². The van der Waals surface area contributed by atoms with Crippen molar-refractivity contribution in [3.05, 3.63) is 65.3 Å². The molecule has 3 aromatic rings. The van der Waals surface area contributed by atoms with Gasteiger partial charge in [-0.05, 0) is 23.8 Å². The highest BCUT2D eigenvalue weighted by atomic mass is 35.5. The Bertz CT molecular complexity index is 800. The highest BCUT2D eigenvalue weighted by molar-refractivity contribution is 6.32. The molecule has 98 valence electrons. The minimum Gasteiger partial charge on any atom is -0.478 e. The average molecular weight is 284 g/mol. The number of aromatic carboxylic acids is 1. The van der Waals surface area contributed by atoms with Gasteiger partial charge in [0.1, 0.15) is 5.15 Å². The van der Waals surface area contributed by atoms with Crippen LogP contribution < -0.4 is 0 Å². The number of carboxylic acid groups (broad SMARTS) is 1. The van der Waals surface area contributed by atoms with E-state index < -0.39 is 5.97 Å². The minimum absolute atomic E-state index is 0.202. The summed E-state index contributed by atoms with van der Waals surface area (Å²) < 4.78 is 0. The second kappa shape index (κ2) is 4.94. The summed E-state index contributed by atoms with van der Waals surface area (Å²) in [6.45, 7) is 0. The zero-order chi connectivity index (χ0) is 14.1. The summed E-state index contributed by atoms with van der Waals surface area (Å²) in [6.07, 6.45) is 0. The van der Waals surface area contributed by atoms with Gasteiger partial charge in [-0.25, -0.2) is 9.78 Å². The number of nitrogens with zero attached hydrogens (tertiary/aromatic N) is 1. The summed E-state index contributed by atoms with van der Waals surface area (Å²) in [5.41, 5.74) is 2.60. The number of fused-ring (bicyclic) bond motifs is 1. The topological polar surface area (TPSA) is 50.2 Å². The minimum atomic E-state index is -0.975. The summed E-state index contributed by atoms with van der Waals surface area (Å²) in [6, 6.07) is 16.5. The van der Waals surface area contributed by atoms with Crippen molar-refractivity contribution in [3.8, 4) is 11.1 Å². The normalized spacial score (nSPS) is 10.7. The van der Waals surface area contributed by atoms with E-state index in [9.17, 15) is 4.79 Å². The van der Waals surface area contributed by atoms with Crippen LogP contribution in [-0.2, 0) is 0 Å². The van der Waals surface area contributed by atoms with Crippen molar-refractivity contribution in [2.24, 2.45) is 0 Å². The first kappa shape index (κ1) is 12.6. The molecule has 2 aromatic carbocycles. The first-order chi connectivity index (χ1) is 9.65. The van der Waals surface area contributed by atoms with Crippen molar-refractivity contribution < 1.29 is 9.90 Å². The third kappa shape index (κ3) is 2.24. The van der Waals surface area contributed by atoms with E-state index in [0.717, 1.165) is 16.5 Å². The Morgan fingerprint density at radius 2 is 1.80 bits per heavy atom. The molecule has 3 rings (SSSR count). The molecule has 0 saturated carbocycles. The van der Waals surface area contributed by atoms with Crippen LogP contribution in [0.1, 0.15) is 10.4 Å². The maximum atomic E-state index is 11.0. The number of halogens is 1. The molecule has 0 bridgehead atoms. The van der Waals surface area contributed by atoms with Gasteiger partial charge in [0, 0.05) is 10.9 Å². The molecule has 0 amide bonds. The lowest BCUT2D eigenvalue weighted by atomic mass is 10.0. The van der Waals surface area contributed by atoms with Crippen molar-refractivity contribution in [1.82, 2.24) is 4.98 Å². The molecule has 4 heteroatoms. The summed E-state index contributed by atoms with van der Waals surface area (Å²) in [7, 11) is 0. The lowest BCUT2D eigenvalue weighted by Crippen LogP contribution is -1.96. The second-order valence-corrected chi connectivity index (χ2v) is 4.76. The second-order valence-electron chi connectivity index (χ2n) is 4.41. The van der Waals surface area contributed by atoms with Crippen LogP contribution in [0.25, 0.3) is 22.0 Å². The first-order valence-corrected chi connectivity index (χ1v) is 6.42. The van der Waals surface area contributed by atoms with E-state index in [1.165, 1.54) is 6.07 Å². The molecule has 0 spiro atoms. The van der Waals surface area contributed by atoms with Crippen LogP contribution in [-0.4, -0.2) is 16.1 Å². The average Bonchev–Trinajstić information content (AvgIpc) is 2.46. The summed E-state index contributed by atoms with van der Waals surface area (Å²) in [5, 5.41) is 10.2. The fourth-order valence-electron chi connectivity index (χ4n) is 2.10. The van der Waals surface area contributed by atoms with Gasteiger partial charge < -0.3 is 5.11 Å². The molecule has 20 heavy (non-hydrogen) atoms. The number of carbonyl (C=O) groups is 1. The maximum Gasteiger partial charge on any atom is 0.335 e. The van der Waals surface area contributed by atoms with Crippen molar-refractivity contribution >= 4 is 28.5 Å². The van der Waals surface area contributed by atoms with Gasteiger partial charge in [0.05, 0.1) is 11.1 Å². The van der Waals surface area contributed by atoms with Gasteiger partial charge in [-0.3, -0.25) is 0 Å². The van der Waals surface area contributed by atoms with Crippen molar-refractivity contribution in [2.45, 2.75) is 0 Å². The molecule has 0 aliphatic heterocycles. The predicted molar refractivity (Wildman–Crippen MR) is 79.1 cm³/mol. The standard InChI is InChI=1S/C16H10ClNO2/c17-15-13(10-4-2-1-3-5-10)8-11-6-7-12(16(19)20)9-14(11)18-15/h1-9H,(H,19,20). The Balaban J connectivity index is 2.20. The number of hydrogen-bond acceptors (Lipinski definition) is 2. The molecule has 3 nitrogen and oxygen atoms in total. The number of benzene rings is 2. The SMILES string of the molecule is O=C(O)c1ccc2cc(-c3ccccc3)c(Cl)nc2c1. The van der Waals surface area contributed by atoms with Gasteiger partial charge in [-0.15, -0.1) is 0 Å². The predicted octanol–water partition coefficient (Wildman–Crippen LogP) is 4.25. The molecule has 1 heterocycles. The van der Waals surface area contributed by atoms with Gasteiger partial charge in [-0.2, -0.15) is 0 Å². The molecule has 0 radical (unpaired) electrons. The van der Waals surface area contributed by atoms with Crippen LogP contribution in [0.2, 0.25) is 5.15 Å². The Morgan fingerprint density at radius 3 is 2.50 bits per heavy atom. The molecule has 0 atom stereocenters. The van der Waals surface area contributed by atoms with E-state index in [0.29, 0.717) is 10.7 Å². The van der Waals surface area contributed by atoms with Crippen molar-refractivity contribution in [2.75, 3.05) is 0 Å². The van der Waals surface area contributed by atoms with E-state index >= 15 is 0 Å². The van der Waals surface area contributed by atoms with Crippen LogP contribution in [0.5, 0.6) is 0 Å². The molecule has 0 aliphatic carbocycles. The smallest absolute Gasteiger partial charge is 0.335 e. The van der Waals surface area contributed by atoms with E-state index in [2.05, 4.69) is 4.98 Å². The largest absolute Gasteiger partial charge is 0.478 e. The highest BCUT2D eigenvalue weighted by Gasteiger charge is 2.09. The summed E-state index contributed by atoms with van der Waals surface area (Å²) in [5.74, 6) is -0.975. The molecule has 0 unspecified atom stereocenters. The molecular weight excluding hydrogens is 274 g/mol. The Morgan fingerprint density at radius 1 is 1.05 bits per heavy atom. The van der Waals surface area contributed by atoms with Crippen LogP contribution in [0.15, 0.2) is 54.6 Å². The monoisotopic (exact) mass is 283 g/mol. The highest BCUT2D eigenvalue weighted by Crippen LogP contribution is 2.29. The van der Waals surface area contributed by atoms with E-state index in [4.69, 9.17) is 16.7 Å². The molecular formula is C16H10ClNO2. The molecule has 1 aromatic heterocycles. The zero-order valence-corrected chi connectivity index (χ0v) is 11.1. The van der Waals surface area contributed by atoms with Crippen molar-refractivity contribution in [3.63, 3.8) is 0 Å². The van der Waals surface area contributed by atoms with Gasteiger partial charge in [-0.1, -0.05) is 48.0 Å². The third-order valence-electron chi connectivity index (χ3n) is 3.10. The Labute approximate surface area is 120 Å². The van der Waals surface area contributed by atoms with Gasteiger partial charge in [0.2, 0.25) is 0 Å². The first-order valence-electron chi connectivity index (χ1n) is 6.04. The Kier molecular flexibility index (Phi) is 3.12. The molecule has 0 aliphatic rings. The van der Waals surface area contributed by atoms with Gasteiger partial charge in [0.15, 0.2) is 0 Å².